The molecule has 14 heavy (non-hydrogen) atoms. The SMILES string of the molecule is CC(C)(C(O)C1CCC1)N1CCCC1. The number of nitrogens with zero attached hydrogens (tertiary/aromatic N) is 1. The number of aliphatic hydroxyl groups excluding tert-OH is 1. The normalized spacial score (nSPS) is 27.6. The molecule has 2 nitrogen and oxygen atoms in total. The third-order valence-corrected chi connectivity index (χ3v) is 4.24. The first-order valence-electron chi connectivity index (χ1n) is 6.05. The van der Waals surface area contributed by atoms with Crippen LogP contribution in [-0.4, -0.2) is 34.7 Å². The lowest BCUT2D eigenvalue weighted by Crippen LogP contribution is -2.55. The highest BCUT2D eigenvalue weighted by atomic mass is 16.3. The van der Waals surface area contributed by atoms with Crippen molar-refractivity contribution in [3.05, 3.63) is 0 Å². The van der Waals surface area contributed by atoms with Crippen LogP contribution in [0.3, 0.4) is 0 Å². The summed E-state index contributed by atoms with van der Waals surface area (Å²) in [7, 11) is 0. The van der Waals surface area contributed by atoms with E-state index >= 15 is 0 Å². The van der Waals surface area contributed by atoms with Crippen LogP contribution in [0.2, 0.25) is 0 Å². The molecule has 0 aromatic rings. The minimum Gasteiger partial charge on any atom is -0.391 e. The van der Waals surface area contributed by atoms with Gasteiger partial charge in [0.1, 0.15) is 0 Å². The van der Waals surface area contributed by atoms with Gasteiger partial charge in [-0.15, -0.1) is 0 Å². The molecule has 0 radical (unpaired) electrons. The predicted octanol–water partition coefficient (Wildman–Crippen LogP) is 2.02. The molecule has 82 valence electrons. The zero-order valence-electron chi connectivity index (χ0n) is 9.50. The lowest BCUT2D eigenvalue weighted by molar-refractivity contribution is -0.0534. The minimum absolute atomic E-state index is 0.00157. The molecule has 0 amide bonds. The van der Waals surface area contributed by atoms with Crippen LogP contribution in [0.15, 0.2) is 0 Å². The van der Waals surface area contributed by atoms with Crippen LogP contribution in [-0.2, 0) is 0 Å². The van der Waals surface area contributed by atoms with Gasteiger partial charge in [0, 0.05) is 5.54 Å². The Hall–Kier alpha value is -0.0800. The first-order chi connectivity index (χ1) is 6.62. The van der Waals surface area contributed by atoms with E-state index in [1.165, 1.54) is 45.2 Å². The molecule has 0 aromatic carbocycles. The quantitative estimate of drug-likeness (QED) is 0.748. The number of hydrogen-bond donors (Lipinski definition) is 1. The Morgan fingerprint density at radius 2 is 1.71 bits per heavy atom. The van der Waals surface area contributed by atoms with Crippen molar-refractivity contribution < 1.29 is 5.11 Å². The average molecular weight is 197 g/mol. The van der Waals surface area contributed by atoms with E-state index in [0.717, 1.165) is 0 Å². The highest BCUT2D eigenvalue weighted by Crippen LogP contribution is 2.37. The molecule has 2 heteroatoms. The first-order valence-corrected chi connectivity index (χ1v) is 6.05. The predicted molar refractivity (Wildman–Crippen MR) is 58.2 cm³/mol. The summed E-state index contributed by atoms with van der Waals surface area (Å²) >= 11 is 0. The summed E-state index contributed by atoms with van der Waals surface area (Å²) in [6, 6.07) is 0. The maximum Gasteiger partial charge on any atom is 0.0746 e. The number of hydrogen-bond acceptors (Lipinski definition) is 2. The zero-order valence-corrected chi connectivity index (χ0v) is 9.50. The number of likely N-dealkylation sites (tertiary alicyclic amines) is 1. The molecule has 1 aliphatic heterocycles. The van der Waals surface area contributed by atoms with Gasteiger partial charge in [-0.05, 0) is 58.5 Å². The summed E-state index contributed by atoms with van der Waals surface area (Å²) in [6.45, 7) is 6.77. The summed E-state index contributed by atoms with van der Waals surface area (Å²) in [4.78, 5) is 2.47. The fourth-order valence-electron chi connectivity index (χ4n) is 2.81. The number of aliphatic hydroxyl groups is 1. The van der Waals surface area contributed by atoms with Gasteiger partial charge in [0.25, 0.3) is 0 Å². The molecule has 1 saturated carbocycles. The van der Waals surface area contributed by atoms with Gasteiger partial charge in [0.05, 0.1) is 6.10 Å². The van der Waals surface area contributed by atoms with Gasteiger partial charge in [-0.1, -0.05) is 6.42 Å². The van der Waals surface area contributed by atoms with E-state index in [2.05, 4.69) is 18.7 Å². The Balaban J connectivity index is 1.97. The second kappa shape index (κ2) is 3.82. The maximum absolute atomic E-state index is 10.3. The van der Waals surface area contributed by atoms with E-state index < -0.39 is 0 Å². The van der Waals surface area contributed by atoms with Crippen LogP contribution in [0.5, 0.6) is 0 Å². The molecule has 1 heterocycles. The van der Waals surface area contributed by atoms with Crippen molar-refractivity contribution in [3.8, 4) is 0 Å². The molecular weight excluding hydrogens is 174 g/mol. The Kier molecular flexibility index (Phi) is 2.85. The topological polar surface area (TPSA) is 23.5 Å². The van der Waals surface area contributed by atoms with Gasteiger partial charge < -0.3 is 5.11 Å². The molecular formula is C12H23NO. The van der Waals surface area contributed by atoms with E-state index in [9.17, 15) is 5.11 Å². The maximum atomic E-state index is 10.3. The highest BCUT2D eigenvalue weighted by Gasteiger charge is 2.41. The smallest absolute Gasteiger partial charge is 0.0746 e. The molecule has 1 atom stereocenters. The van der Waals surface area contributed by atoms with E-state index in [0.29, 0.717) is 5.92 Å². The Labute approximate surface area is 87.3 Å². The highest BCUT2D eigenvalue weighted by molar-refractivity contribution is 4.96. The van der Waals surface area contributed by atoms with Gasteiger partial charge in [-0.2, -0.15) is 0 Å². The van der Waals surface area contributed by atoms with Gasteiger partial charge in [-0.3, -0.25) is 4.90 Å². The Bertz CT molecular complexity index is 192. The van der Waals surface area contributed by atoms with E-state index in [-0.39, 0.29) is 11.6 Å². The summed E-state index contributed by atoms with van der Waals surface area (Å²) in [5.41, 5.74) is 0.00157. The van der Waals surface area contributed by atoms with E-state index in [4.69, 9.17) is 0 Å². The van der Waals surface area contributed by atoms with Crippen molar-refractivity contribution in [1.82, 2.24) is 4.90 Å². The summed E-state index contributed by atoms with van der Waals surface area (Å²) in [5.74, 6) is 0.575. The monoisotopic (exact) mass is 197 g/mol. The molecule has 1 aliphatic carbocycles. The van der Waals surface area contributed by atoms with Crippen molar-refractivity contribution in [2.24, 2.45) is 5.92 Å². The van der Waals surface area contributed by atoms with Crippen LogP contribution in [0.4, 0.5) is 0 Å². The van der Waals surface area contributed by atoms with E-state index in [1.54, 1.807) is 0 Å². The molecule has 0 spiro atoms. The van der Waals surface area contributed by atoms with Crippen molar-refractivity contribution in [2.45, 2.75) is 57.6 Å². The van der Waals surface area contributed by atoms with Gasteiger partial charge >= 0.3 is 0 Å². The first kappa shape index (κ1) is 10.4. The molecule has 2 fully saturated rings. The van der Waals surface area contributed by atoms with Crippen LogP contribution >= 0.6 is 0 Å². The Morgan fingerprint density at radius 3 is 2.14 bits per heavy atom. The van der Waals surface area contributed by atoms with Crippen molar-refractivity contribution >= 4 is 0 Å². The summed E-state index contributed by atoms with van der Waals surface area (Å²) < 4.78 is 0. The Morgan fingerprint density at radius 1 is 1.14 bits per heavy atom. The van der Waals surface area contributed by atoms with Crippen molar-refractivity contribution in [1.29, 1.82) is 0 Å². The van der Waals surface area contributed by atoms with Crippen molar-refractivity contribution in [3.63, 3.8) is 0 Å². The standard InChI is InChI=1S/C12H23NO/c1-12(2,13-8-3-4-9-13)11(14)10-6-5-7-10/h10-11,14H,3-9H2,1-2H3. The fourth-order valence-corrected chi connectivity index (χ4v) is 2.81. The lowest BCUT2D eigenvalue weighted by atomic mass is 9.74. The molecule has 1 saturated heterocycles. The van der Waals surface area contributed by atoms with E-state index in [1.807, 2.05) is 0 Å². The molecule has 0 aromatic heterocycles. The van der Waals surface area contributed by atoms with Crippen LogP contribution in [0, 0.1) is 5.92 Å². The van der Waals surface area contributed by atoms with Gasteiger partial charge in [-0.25, -0.2) is 0 Å². The summed E-state index contributed by atoms with van der Waals surface area (Å²) in [6.07, 6.45) is 6.28. The summed E-state index contributed by atoms with van der Waals surface area (Å²) in [5, 5.41) is 10.3. The van der Waals surface area contributed by atoms with Crippen LogP contribution in [0.1, 0.15) is 46.0 Å². The molecule has 1 N–H and O–H groups in total. The zero-order chi connectivity index (χ0) is 10.2. The fraction of sp³-hybridized carbons (Fsp3) is 1.00. The second-order valence-corrected chi connectivity index (χ2v) is 5.48. The van der Waals surface area contributed by atoms with Crippen LogP contribution in [0.25, 0.3) is 0 Å². The number of rotatable bonds is 3. The lowest BCUT2D eigenvalue weighted by Gasteiger charge is -2.45. The van der Waals surface area contributed by atoms with Gasteiger partial charge in [0.2, 0.25) is 0 Å². The minimum atomic E-state index is -0.116. The largest absolute Gasteiger partial charge is 0.391 e. The average Bonchev–Trinajstić information content (AvgIpc) is 2.52. The van der Waals surface area contributed by atoms with Gasteiger partial charge in [0.15, 0.2) is 0 Å². The third kappa shape index (κ3) is 1.70. The third-order valence-electron chi connectivity index (χ3n) is 4.24. The molecule has 2 rings (SSSR count). The molecule has 2 aliphatic rings. The molecule has 1 unspecified atom stereocenters. The molecule has 0 bridgehead atoms. The van der Waals surface area contributed by atoms with Crippen LogP contribution < -0.4 is 0 Å². The second-order valence-electron chi connectivity index (χ2n) is 5.48. The van der Waals surface area contributed by atoms with Crippen molar-refractivity contribution in [2.75, 3.05) is 13.1 Å².